The van der Waals surface area contributed by atoms with Crippen LogP contribution in [0.15, 0.2) is 82.8 Å². The molecule has 0 aliphatic carbocycles. The second-order valence-electron chi connectivity index (χ2n) is 7.32. The van der Waals surface area contributed by atoms with Crippen molar-refractivity contribution >= 4 is 27.8 Å². The maximum absolute atomic E-state index is 13.4. The number of aryl methyl sites for hydroxylation is 3. The maximum atomic E-state index is 13.4. The largest absolute Gasteiger partial charge is 0.271 e. The van der Waals surface area contributed by atoms with Gasteiger partial charge in [-0.15, -0.1) is 0 Å². The number of hydrazone groups is 1. The van der Waals surface area contributed by atoms with Crippen LogP contribution in [0, 0.1) is 20.8 Å². The molecule has 7 heteroatoms. The molecule has 3 aromatic carbocycles. The molecule has 31 heavy (non-hydrogen) atoms. The second-order valence-corrected chi connectivity index (χ2v) is 9.18. The van der Waals surface area contributed by atoms with Crippen LogP contribution in [0.25, 0.3) is 0 Å². The molecule has 0 bridgehead atoms. The van der Waals surface area contributed by atoms with E-state index in [-0.39, 0.29) is 4.90 Å². The first-order valence-corrected chi connectivity index (χ1v) is 11.2. The van der Waals surface area contributed by atoms with Crippen LogP contribution in [0.1, 0.15) is 22.3 Å². The molecule has 0 aliphatic heterocycles. The summed E-state index contributed by atoms with van der Waals surface area (Å²) in [5, 5.41) is 3.97. The first-order chi connectivity index (χ1) is 14.8. The van der Waals surface area contributed by atoms with E-state index in [9.17, 15) is 13.2 Å². The molecule has 1 amide bonds. The topological polar surface area (TPSA) is 78.8 Å². The quantitative estimate of drug-likeness (QED) is 0.451. The molecule has 160 valence electrons. The SMILES string of the molecule is Cc1ccc(/C=N\NC(=O)CN(c2cc(C)ccc2C)S(=O)(=O)c2ccccc2)cc1. The van der Waals surface area contributed by atoms with Crippen molar-refractivity contribution in [3.63, 3.8) is 0 Å². The van der Waals surface area contributed by atoms with E-state index in [0.717, 1.165) is 26.6 Å². The predicted octanol–water partition coefficient (Wildman–Crippen LogP) is 3.96. The number of hydrogen-bond acceptors (Lipinski definition) is 4. The van der Waals surface area contributed by atoms with Crippen LogP contribution >= 0.6 is 0 Å². The van der Waals surface area contributed by atoms with Crippen LogP contribution in [-0.2, 0) is 14.8 Å². The minimum Gasteiger partial charge on any atom is -0.271 e. The van der Waals surface area contributed by atoms with Gasteiger partial charge in [0.2, 0.25) is 0 Å². The summed E-state index contributed by atoms with van der Waals surface area (Å²) in [4.78, 5) is 12.7. The Labute approximate surface area is 183 Å². The Balaban J connectivity index is 1.87. The predicted molar refractivity (Wildman–Crippen MR) is 124 cm³/mol. The highest BCUT2D eigenvalue weighted by atomic mass is 32.2. The highest BCUT2D eigenvalue weighted by molar-refractivity contribution is 7.92. The Kier molecular flexibility index (Phi) is 6.87. The Morgan fingerprint density at radius 3 is 2.26 bits per heavy atom. The fourth-order valence-electron chi connectivity index (χ4n) is 3.00. The van der Waals surface area contributed by atoms with Crippen LogP contribution in [0.3, 0.4) is 0 Å². The molecular weight excluding hydrogens is 410 g/mol. The average molecular weight is 436 g/mol. The van der Waals surface area contributed by atoms with E-state index in [0.29, 0.717) is 5.69 Å². The van der Waals surface area contributed by atoms with Crippen molar-refractivity contribution in [1.82, 2.24) is 5.43 Å². The lowest BCUT2D eigenvalue weighted by Gasteiger charge is -2.25. The molecule has 0 heterocycles. The zero-order chi connectivity index (χ0) is 22.4. The molecule has 1 N–H and O–H groups in total. The van der Waals surface area contributed by atoms with Crippen LogP contribution in [-0.4, -0.2) is 27.1 Å². The summed E-state index contributed by atoms with van der Waals surface area (Å²) in [6, 6.07) is 21.2. The van der Waals surface area contributed by atoms with Crippen LogP contribution < -0.4 is 9.73 Å². The van der Waals surface area contributed by atoms with Crippen molar-refractivity contribution < 1.29 is 13.2 Å². The number of carbonyl (C=O) groups excluding carboxylic acids is 1. The van der Waals surface area contributed by atoms with E-state index >= 15 is 0 Å². The van der Waals surface area contributed by atoms with Crippen molar-refractivity contribution in [3.05, 3.63) is 95.1 Å². The number of anilines is 1. The van der Waals surface area contributed by atoms with Crippen LogP contribution in [0.5, 0.6) is 0 Å². The average Bonchev–Trinajstić information content (AvgIpc) is 2.76. The van der Waals surface area contributed by atoms with E-state index < -0.39 is 22.5 Å². The summed E-state index contributed by atoms with van der Waals surface area (Å²) < 4.78 is 27.9. The zero-order valence-corrected chi connectivity index (χ0v) is 18.6. The molecule has 0 unspecified atom stereocenters. The lowest BCUT2D eigenvalue weighted by atomic mass is 10.1. The minimum absolute atomic E-state index is 0.117. The van der Waals surface area contributed by atoms with Gasteiger partial charge in [-0.25, -0.2) is 13.8 Å². The Hall–Kier alpha value is -3.45. The summed E-state index contributed by atoms with van der Waals surface area (Å²) >= 11 is 0. The van der Waals surface area contributed by atoms with Crippen LogP contribution in [0.4, 0.5) is 5.69 Å². The van der Waals surface area contributed by atoms with Gasteiger partial charge in [0.05, 0.1) is 16.8 Å². The zero-order valence-electron chi connectivity index (χ0n) is 17.7. The molecule has 0 saturated carbocycles. The first kappa shape index (κ1) is 22.2. The number of nitrogens with zero attached hydrogens (tertiary/aromatic N) is 2. The Morgan fingerprint density at radius 2 is 1.58 bits per heavy atom. The van der Waals surface area contributed by atoms with Crippen molar-refractivity contribution in [2.45, 2.75) is 25.7 Å². The summed E-state index contributed by atoms with van der Waals surface area (Å²) in [7, 11) is -3.95. The highest BCUT2D eigenvalue weighted by Crippen LogP contribution is 2.27. The molecule has 0 fully saturated rings. The van der Waals surface area contributed by atoms with Gasteiger partial charge in [-0.2, -0.15) is 5.10 Å². The molecule has 0 spiro atoms. The first-order valence-electron chi connectivity index (χ1n) is 9.81. The molecule has 3 rings (SSSR count). The van der Waals surface area contributed by atoms with Gasteiger partial charge in [0.15, 0.2) is 0 Å². The van der Waals surface area contributed by atoms with Crippen LogP contribution in [0.2, 0.25) is 0 Å². The fraction of sp³-hybridized carbons (Fsp3) is 0.167. The van der Waals surface area contributed by atoms with E-state index in [4.69, 9.17) is 0 Å². The fourth-order valence-corrected chi connectivity index (χ4v) is 4.50. The van der Waals surface area contributed by atoms with Crippen molar-refractivity contribution in [1.29, 1.82) is 0 Å². The monoisotopic (exact) mass is 435 g/mol. The number of nitrogens with one attached hydrogen (secondary N) is 1. The number of rotatable bonds is 7. The number of carbonyl (C=O) groups is 1. The van der Waals surface area contributed by atoms with Crippen molar-refractivity contribution in [2.75, 3.05) is 10.8 Å². The third-order valence-corrected chi connectivity index (χ3v) is 6.51. The Morgan fingerprint density at radius 1 is 0.935 bits per heavy atom. The molecule has 0 radical (unpaired) electrons. The summed E-state index contributed by atoms with van der Waals surface area (Å²) in [5.41, 5.74) is 6.48. The van der Waals surface area contributed by atoms with Gasteiger partial charge in [-0.05, 0) is 55.7 Å². The molecule has 3 aromatic rings. The molecule has 6 nitrogen and oxygen atoms in total. The van der Waals surface area contributed by atoms with Gasteiger partial charge >= 0.3 is 0 Å². The van der Waals surface area contributed by atoms with E-state index in [1.807, 2.05) is 57.2 Å². The highest BCUT2D eigenvalue weighted by Gasteiger charge is 2.28. The lowest BCUT2D eigenvalue weighted by Crippen LogP contribution is -2.40. The number of amides is 1. The van der Waals surface area contributed by atoms with Gasteiger partial charge < -0.3 is 0 Å². The second kappa shape index (κ2) is 9.57. The standard InChI is InChI=1S/C24H25N3O3S/c1-18-10-13-21(14-11-18)16-25-26-24(28)17-27(23-15-19(2)9-12-20(23)3)31(29,30)22-7-5-4-6-8-22/h4-16H,17H2,1-3H3,(H,26,28)/b25-16-. The van der Waals surface area contributed by atoms with Crippen molar-refractivity contribution in [3.8, 4) is 0 Å². The third kappa shape index (κ3) is 5.58. The van der Waals surface area contributed by atoms with E-state index in [1.165, 1.54) is 18.3 Å². The van der Waals surface area contributed by atoms with Gasteiger partial charge in [0.25, 0.3) is 15.9 Å². The van der Waals surface area contributed by atoms with Gasteiger partial charge in [0.1, 0.15) is 6.54 Å². The Bertz CT molecular complexity index is 1190. The summed E-state index contributed by atoms with van der Waals surface area (Å²) in [5.74, 6) is -0.538. The van der Waals surface area contributed by atoms with Gasteiger partial charge in [-0.1, -0.05) is 60.2 Å². The maximum Gasteiger partial charge on any atom is 0.264 e. The molecular formula is C24H25N3O3S. The third-order valence-electron chi connectivity index (χ3n) is 4.73. The number of hydrogen-bond donors (Lipinski definition) is 1. The number of benzene rings is 3. The molecule has 0 atom stereocenters. The minimum atomic E-state index is -3.95. The summed E-state index contributed by atoms with van der Waals surface area (Å²) in [6.45, 7) is 5.28. The van der Waals surface area contributed by atoms with Crippen molar-refractivity contribution in [2.24, 2.45) is 5.10 Å². The normalized spacial score (nSPS) is 11.5. The number of sulfonamides is 1. The smallest absolute Gasteiger partial charge is 0.264 e. The van der Waals surface area contributed by atoms with Gasteiger partial charge in [-0.3, -0.25) is 9.10 Å². The van der Waals surface area contributed by atoms with Gasteiger partial charge in [0, 0.05) is 0 Å². The summed E-state index contributed by atoms with van der Waals surface area (Å²) in [6.07, 6.45) is 1.52. The molecule has 0 saturated heterocycles. The molecule has 0 aliphatic rings. The lowest BCUT2D eigenvalue weighted by molar-refractivity contribution is -0.119. The molecule has 0 aromatic heterocycles. The van der Waals surface area contributed by atoms with E-state index in [1.54, 1.807) is 24.3 Å². The van der Waals surface area contributed by atoms with E-state index in [2.05, 4.69) is 10.5 Å².